The van der Waals surface area contributed by atoms with Gasteiger partial charge < -0.3 is 14.6 Å². The van der Waals surface area contributed by atoms with Gasteiger partial charge in [0.2, 0.25) is 0 Å². The van der Waals surface area contributed by atoms with Crippen molar-refractivity contribution < 1.29 is 13.9 Å². The number of hydrogen-bond donors (Lipinski definition) is 2. The van der Waals surface area contributed by atoms with Gasteiger partial charge in [-0.05, 0) is 48.9 Å². The van der Waals surface area contributed by atoms with Gasteiger partial charge in [-0.1, -0.05) is 23.7 Å². The number of likely N-dealkylation sites (N-methyl/N-ethyl adjacent to an activating group) is 1. The van der Waals surface area contributed by atoms with E-state index < -0.39 is 0 Å². The van der Waals surface area contributed by atoms with Crippen molar-refractivity contribution in [2.45, 2.75) is 13.0 Å². The van der Waals surface area contributed by atoms with Gasteiger partial charge in [0.25, 0.3) is 0 Å². The summed E-state index contributed by atoms with van der Waals surface area (Å²) in [6, 6.07) is 10.4. The highest BCUT2D eigenvalue weighted by Gasteiger charge is 2.29. The lowest BCUT2D eigenvalue weighted by molar-refractivity contribution is 0.0856. The molecule has 1 aliphatic heterocycles. The number of aromatic nitrogens is 3. The fourth-order valence-electron chi connectivity index (χ4n) is 4.30. The first-order valence-corrected chi connectivity index (χ1v) is 10.9. The minimum absolute atomic E-state index is 0.00205. The lowest BCUT2D eigenvalue weighted by atomic mass is 9.89. The minimum atomic E-state index is -0.365. The van der Waals surface area contributed by atoms with E-state index in [2.05, 4.69) is 20.1 Å². The SMILES string of the molecule is CNCCn1cc(C(=O)C2COc3ccc(F)cc3C2)c2ccc(-c3c[nH]nc3Cl)cc21. The van der Waals surface area contributed by atoms with Crippen LogP contribution in [0.1, 0.15) is 15.9 Å². The van der Waals surface area contributed by atoms with E-state index in [1.165, 1.54) is 12.1 Å². The standard InChI is InChI=1S/C24H22ClFN4O2/c1-27-6-7-30-12-20(18-4-2-14(10-21(18)30)19-11-28-29-24(19)25)23(31)16-8-15-9-17(26)3-5-22(15)32-13-16/h2-5,9-12,16,27H,6-8,13H2,1H3,(H,28,29). The Balaban J connectivity index is 1.53. The van der Waals surface area contributed by atoms with Crippen LogP contribution >= 0.6 is 11.6 Å². The van der Waals surface area contributed by atoms with Gasteiger partial charge in [-0.3, -0.25) is 9.89 Å². The first-order chi connectivity index (χ1) is 15.5. The number of ketones is 1. The summed E-state index contributed by atoms with van der Waals surface area (Å²) < 4.78 is 21.5. The number of Topliss-reactive ketones (excluding diaryl/α,β-unsaturated/α-hetero) is 1. The van der Waals surface area contributed by atoms with E-state index in [-0.39, 0.29) is 24.1 Å². The Morgan fingerprint density at radius 3 is 3.00 bits per heavy atom. The molecule has 5 rings (SSSR count). The van der Waals surface area contributed by atoms with Gasteiger partial charge in [0.15, 0.2) is 10.9 Å². The van der Waals surface area contributed by atoms with Crippen molar-refractivity contribution in [3.63, 3.8) is 0 Å². The number of halogens is 2. The molecule has 0 bridgehead atoms. The van der Waals surface area contributed by atoms with E-state index in [1.807, 2.05) is 31.4 Å². The Labute approximate surface area is 189 Å². The summed E-state index contributed by atoms with van der Waals surface area (Å²) >= 11 is 6.20. The Morgan fingerprint density at radius 2 is 2.22 bits per heavy atom. The average molecular weight is 453 g/mol. The molecule has 2 aromatic carbocycles. The van der Waals surface area contributed by atoms with Crippen LogP contribution in [0.25, 0.3) is 22.0 Å². The normalized spacial score (nSPS) is 15.5. The molecule has 8 heteroatoms. The second kappa shape index (κ2) is 8.41. The monoisotopic (exact) mass is 452 g/mol. The molecule has 1 atom stereocenters. The molecule has 0 fully saturated rings. The second-order valence-electron chi connectivity index (χ2n) is 7.99. The van der Waals surface area contributed by atoms with E-state index in [4.69, 9.17) is 16.3 Å². The van der Waals surface area contributed by atoms with Crippen LogP contribution < -0.4 is 10.1 Å². The van der Waals surface area contributed by atoms with Crippen molar-refractivity contribution in [1.82, 2.24) is 20.1 Å². The maximum absolute atomic E-state index is 13.7. The number of benzene rings is 2. The van der Waals surface area contributed by atoms with Crippen molar-refractivity contribution in [2.75, 3.05) is 20.2 Å². The van der Waals surface area contributed by atoms with Crippen molar-refractivity contribution >= 4 is 28.3 Å². The smallest absolute Gasteiger partial charge is 0.171 e. The fraction of sp³-hybridized carbons (Fsp3) is 0.250. The molecule has 0 spiro atoms. The van der Waals surface area contributed by atoms with Crippen LogP contribution in [-0.2, 0) is 13.0 Å². The Hall–Kier alpha value is -3.16. The van der Waals surface area contributed by atoms with Crippen LogP contribution in [0.15, 0.2) is 48.8 Å². The molecule has 3 heterocycles. The summed E-state index contributed by atoms with van der Waals surface area (Å²) in [7, 11) is 1.89. The molecule has 6 nitrogen and oxygen atoms in total. The number of carbonyl (C=O) groups is 1. The van der Waals surface area contributed by atoms with Gasteiger partial charge in [-0.15, -0.1) is 0 Å². The lowest BCUT2D eigenvalue weighted by Crippen LogP contribution is -2.28. The second-order valence-corrected chi connectivity index (χ2v) is 8.35. The number of aromatic amines is 1. The van der Waals surface area contributed by atoms with Crippen LogP contribution in [0.4, 0.5) is 4.39 Å². The molecular weight excluding hydrogens is 431 g/mol. The number of nitrogens with one attached hydrogen (secondary N) is 2. The average Bonchev–Trinajstić information content (AvgIpc) is 3.39. The first kappa shape index (κ1) is 20.7. The van der Waals surface area contributed by atoms with Gasteiger partial charge in [0, 0.05) is 47.5 Å². The molecule has 4 aromatic rings. The van der Waals surface area contributed by atoms with Crippen LogP contribution in [0, 0.1) is 11.7 Å². The molecule has 2 N–H and O–H groups in total. The Kier molecular flexibility index (Phi) is 5.45. The maximum Gasteiger partial charge on any atom is 0.171 e. The largest absolute Gasteiger partial charge is 0.493 e. The third kappa shape index (κ3) is 3.67. The highest BCUT2D eigenvalue weighted by Crippen LogP contribution is 2.34. The molecule has 0 amide bonds. The van der Waals surface area contributed by atoms with E-state index >= 15 is 0 Å². The lowest BCUT2D eigenvalue weighted by Gasteiger charge is -2.24. The van der Waals surface area contributed by atoms with Gasteiger partial charge in [-0.25, -0.2) is 4.39 Å². The van der Waals surface area contributed by atoms with Gasteiger partial charge in [-0.2, -0.15) is 5.10 Å². The molecule has 2 aromatic heterocycles. The summed E-state index contributed by atoms with van der Waals surface area (Å²) in [4.78, 5) is 13.5. The highest BCUT2D eigenvalue weighted by atomic mass is 35.5. The number of hydrogen-bond acceptors (Lipinski definition) is 4. The summed E-state index contributed by atoms with van der Waals surface area (Å²) in [6.07, 6.45) is 4.12. The molecule has 164 valence electrons. The third-order valence-electron chi connectivity index (χ3n) is 5.95. The predicted molar refractivity (Wildman–Crippen MR) is 122 cm³/mol. The Morgan fingerprint density at radius 1 is 1.34 bits per heavy atom. The molecular formula is C24H22ClFN4O2. The van der Waals surface area contributed by atoms with Crippen LogP contribution in [0.3, 0.4) is 0 Å². The molecule has 0 aliphatic carbocycles. The van der Waals surface area contributed by atoms with Crippen LogP contribution in [0.5, 0.6) is 5.75 Å². The molecule has 0 saturated carbocycles. The number of fused-ring (bicyclic) bond motifs is 2. The molecule has 0 saturated heterocycles. The summed E-state index contributed by atoms with van der Waals surface area (Å²) in [5.74, 6) is -0.0408. The van der Waals surface area contributed by atoms with Crippen LogP contribution in [0.2, 0.25) is 5.15 Å². The summed E-state index contributed by atoms with van der Waals surface area (Å²) in [6.45, 7) is 1.74. The number of carbonyl (C=O) groups excluding carboxylic acids is 1. The zero-order valence-corrected chi connectivity index (χ0v) is 18.2. The summed E-state index contributed by atoms with van der Waals surface area (Å²) in [5.41, 5.74) is 4.05. The molecule has 1 aliphatic rings. The highest BCUT2D eigenvalue weighted by molar-refractivity contribution is 6.32. The van der Waals surface area contributed by atoms with Crippen molar-refractivity contribution in [2.24, 2.45) is 5.92 Å². The van der Waals surface area contributed by atoms with Gasteiger partial charge in [0.05, 0.1) is 12.5 Å². The zero-order chi connectivity index (χ0) is 22.2. The molecule has 0 radical (unpaired) electrons. The van der Waals surface area contributed by atoms with E-state index in [1.54, 1.807) is 12.3 Å². The zero-order valence-electron chi connectivity index (χ0n) is 17.5. The van der Waals surface area contributed by atoms with Crippen molar-refractivity contribution in [1.29, 1.82) is 0 Å². The van der Waals surface area contributed by atoms with Gasteiger partial charge >= 0.3 is 0 Å². The van der Waals surface area contributed by atoms with Gasteiger partial charge in [0.1, 0.15) is 11.6 Å². The molecule has 32 heavy (non-hydrogen) atoms. The number of rotatable bonds is 6. The van der Waals surface area contributed by atoms with E-state index in [0.29, 0.717) is 29.4 Å². The number of ether oxygens (including phenoxy) is 1. The maximum atomic E-state index is 13.7. The van der Waals surface area contributed by atoms with Crippen molar-refractivity contribution in [3.05, 3.63) is 70.9 Å². The quantitative estimate of drug-likeness (QED) is 0.423. The minimum Gasteiger partial charge on any atom is -0.493 e. The Bertz CT molecular complexity index is 1310. The fourth-order valence-corrected chi connectivity index (χ4v) is 4.51. The van der Waals surface area contributed by atoms with Crippen molar-refractivity contribution in [3.8, 4) is 16.9 Å². The van der Waals surface area contributed by atoms with E-state index in [0.717, 1.165) is 34.1 Å². The first-order valence-electron chi connectivity index (χ1n) is 10.5. The summed E-state index contributed by atoms with van der Waals surface area (Å²) in [5, 5.41) is 11.2. The molecule has 1 unspecified atom stereocenters. The topological polar surface area (TPSA) is 71.9 Å². The van der Waals surface area contributed by atoms with E-state index in [9.17, 15) is 9.18 Å². The number of nitrogens with zero attached hydrogens (tertiary/aromatic N) is 2. The third-order valence-corrected chi connectivity index (χ3v) is 6.24. The van der Waals surface area contributed by atoms with Crippen LogP contribution in [-0.4, -0.2) is 40.7 Å². The predicted octanol–water partition coefficient (Wildman–Crippen LogP) is 4.48. The number of H-pyrrole nitrogens is 1.